The second-order valence-electron chi connectivity index (χ2n) is 7.58. The summed E-state index contributed by atoms with van der Waals surface area (Å²) in [5.74, 6) is 0.0133. The van der Waals surface area contributed by atoms with Gasteiger partial charge in [0, 0.05) is 43.5 Å². The molecule has 1 saturated heterocycles. The molecule has 4 rings (SSSR count). The summed E-state index contributed by atoms with van der Waals surface area (Å²) >= 11 is 0. The number of aromatic nitrogens is 2. The molecule has 0 radical (unpaired) electrons. The Morgan fingerprint density at radius 2 is 2.14 bits per heavy atom. The number of anilines is 1. The van der Waals surface area contributed by atoms with Gasteiger partial charge in [-0.3, -0.25) is 4.98 Å². The number of carbonyl (C=O) groups is 1. The van der Waals surface area contributed by atoms with E-state index in [1.807, 2.05) is 4.90 Å². The van der Waals surface area contributed by atoms with Crippen LogP contribution in [0.2, 0.25) is 0 Å². The standard InChI is InChI=1S/C20H24FN5O3/c21-17-10-16(27)6-3-13(17)11-23-20(29)26(14-4-5-14)15-2-1-9-25(12-15)18-7-8-22-19(28)24-18/h3,6-8,10,14-15,27H,1-2,4-5,9,11-12H2,(H,23,29)(H,22,24,28)/t15-/m1/s1. The van der Waals surface area contributed by atoms with E-state index in [0.29, 0.717) is 17.9 Å². The molecule has 2 heterocycles. The van der Waals surface area contributed by atoms with Crippen molar-refractivity contribution in [3.05, 3.63) is 52.3 Å². The Kier molecular flexibility index (Phi) is 5.37. The van der Waals surface area contributed by atoms with E-state index in [1.54, 1.807) is 6.07 Å². The summed E-state index contributed by atoms with van der Waals surface area (Å²) in [6, 6.07) is 5.66. The van der Waals surface area contributed by atoms with Crippen LogP contribution in [0.3, 0.4) is 0 Å². The van der Waals surface area contributed by atoms with Crippen LogP contribution in [0, 0.1) is 5.82 Å². The third-order valence-corrected chi connectivity index (χ3v) is 5.43. The number of phenols is 1. The Bertz CT molecular complexity index is 946. The normalized spacial score (nSPS) is 19.1. The van der Waals surface area contributed by atoms with E-state index < -0.39 is 11.5 Å². The molecule has 29 heavy (non-hydrogen) atoms. The molecule has 2 aromatic rings. The van der Waals surface area contributed by atoms with Gasteiger partial charge in [-0.05, 0) is 37.8 Å². The van der Waals surface area contributed by atoms with Crippen LogP contribution >= 0.6 is 0 Å². The number of nitrogens with zero attached hydrogens (tertiary/aromatic N) is 3. The molecule has 2 amide bonds. The van der Waals surface area contributed by atoms with Crippen molar-refractivity contribution < 1.29 is 14.3 Å². The number of H-pyrrole nitrogens is 1. The molecule has 1 aliphatic heterocycles. The number of piperidine rings is 1. The van der Waals surface area contributed by atoms with Gasteiger partial charge in [-0.25, -0.2) is 19.0 Å². The lowest BCUT2D eigenvalue weighted by Crippen LogP contribution is -2.54. The molecule has 1 aromatic heterocycles. The summed E-state index contributed by atoms with van der Waals surface area (Å²) in [5.41, 5.74) is -0.0659. The lowest BCUT2D eigenvalue weighted by atomic mass is 10.0. The number of rotatable bonds is 5. The molecule has 9 heteroatoms. The summed E-state index contributed by atoms with van der Waals surface area (Å²) in [6.07, 6.45) is 5.18. The van der Waals surface area contributed by atoms with Gasteiger partial charge >= 0.3 is 11.7 Å². The van der Waals surface area contributed by atoms with E-state index in [9.17, 15) is 19.1 Å². The number of nitrogens with one attached hydrogen (secondary N) is 2. The quantitative estimate of drug-likeness (QED) is 0.711. The number of urea groups is 1. The van der Waals surface area contributed by atoms with Gasteiger partial charge in [0.25, 0.3) is 0 Å². The van der Waals surface area contributed by atoms with Crippen molar-refractivity contribution in [3.8, 4) is 5.75 Å². The summed E-state index contributed by atoms with van der Waals surface area (Å²) in [4.78, 5) is 34.8. The largest absolute Gasteiger partial charge is 0.508 e. The number of benzene rings is 1. The molecule has 0 bridgehead atoms. The first-order valence-electron chi connectivity index (χ1n) is 9.85. The van der Waals surface area contributed by atoms with Gasteiger partial charge in [0.05, 0.1) is 6.04 Å². The molecular formula is C20H24FN5O3. The molecule has 0 spiro atoms. The number of aromatic amines is 1. The SMILES string of the molecule is O=C(NCc1ccc(O)cc1F)N(C1CC1)[C@@H]1CCCN(c2ccnc(=O)[nH]2)C1. The summed E-state index contributed by atoms with van der Waals surface area (Å²) < 4.78 is 13.9. The van der Waals surface area contributed by atoms with Crippen LogP contribution in [-0.2, 0) is 6.54 Å². The van der Waals surface area contributed by atoms with Gasteiger partial charge in [-0.1, -0.05) is 6.07 Å². The fraction of sp³-hybridized carbons (Fsp3) is 0.450. The second kappa shape index (κ2) is 8.10. The van der Waals surface area contributed by atoms with Crippen LogP contribution in [0.1, 0.15) is 31.2 Å². The summed E-state index contributed by atoms with van der Waals surface area (Å²) in [6.45, 7) is 1.48. The molecule has 2 aliphatic rings. The van der Waals surface area contributed by atoms with Gasteiger partial charge in [0.15, 0.2) is 0 Å². The van der Waals surface area contributed by atoms with Gasteiger partial charge in [0.1, 0.15) is 17.4 Å². The Balaban J connectivity index is 1.44. The zero-order valence-corrected chi connectivity index (χ0v) is 16.0. The second-order valence-corrected chi connectivity index (χ2v) is 7.58. The van der Waals surface area contributed by atoms with Crippen LogP contribution in [0.25, 0.3) is 0 Å². The number of hydrogen-bond donors (Lipinski definition) is 3. The van der Waals surface area contributed by atoms with E-state index in [-0.39, 0.29) is 30.4 Å². The van der Waals surface area contributed by atoms with Crippen molar-refractivity contribution in [2.75, 3.05) is 18.0 Å². The van der Waals surface area contributed by atoms with Crippen LogP contribution < -0.4 is 15.9 Å². The third kappa shape index (κ3) is 4.49. The molecule has 1 aromatic carbocycles. The molecule has 1 saturated carbocycles. The number of hydrogen-bond acceptors (Lipinski definition) is 5. The first-order chi connectivity index (χ1) is 14.0. The minimum absolute atomic E-state index is 0.0117. The zero-order chi connectivity index (χ0) is 20.4. The first kappa shape index (κ1) is 19.2. The van der Waals surface area contributed by atoms with Crippen molar-refractivity contribution in [2.45, 2.75) is 44.3 Å². The average Bonchev–Trinajstić information content (AvgIpc) is 3.53. The highest BCUT2D eigenvalue weighted by atomic mass is 19.1. The highest BCUT2D eigenvalue weighted by molar-refractivity contribution is 5.75. The van der Waals surface area contributed by atoms with E-state index in [1.165, 1.54) is 18.3 Å². The fourth-order valence-corrected chi connectivity index (χ4v) is 3.87. The molecule has 1 aliphatic carbocycles. The van der Waals surface area contributed by atoms with E-state index in [4.69, 9.17) is 0 Å². The van der Waals surface area contributed by atoms with Crippen LogP contribution in [0.4, 0.5) is 15.0 Å². The minimum atomic E-state index is -0.547. The Hall–Kier alpha value is -3.10. The van der Waals surface area contributed by atoms with Crippen LogP contribution in [-0.4, -0.2) is 51.2 Å². The molecule has 3 N–H and O–H groups in total. The van der Waals surface area contributed by atoms with Gasteiger partial charge in [-0.2, -0.15) is 0 Å². The van der Waals surface area contributed by atoms with Crippen molar-refractivity contribution in [1.29, 1.82) is 0 Å². The number of amides is 2. The van der Waals surface area contributed by atoms with E-state index in [2.05, 4.69) is 20.2 Å². The van der Waals surface area contributed by atoms with E-state index in [0.717, 1.165) is 38.3 Å². The van der Waals surface area contributed by atoms with Crippen molar-refractivity contribution in [3.63, 3.8) is 0 Å². The predicted octanol–water partition coefficient (Wildman–Crippen LogP) is 1.96. The Labute approximate surface area is 167 Å². The Morgan fingerprint density at radius 1 is 1.31 bits per heavy atom. The number of aromatic hydroxyl groups is 1. The Morgan fingerprint density at radius 3 is 2.86 bits per heavy atom. The van der Waals surface area contributed by atoms with Crippen molar-refractivity contribution in [2.24, 2.45) is 0 Å². The maximum absolute atomic E-state index is 13.9. The topological polar surface area (TPSA) is 102 Å². The maximum atomic E-state index is 13.9. The monoisotopic (exact) mass is 401 g/mol. The van der Waals surface area contributed by atoms with Crippen molar-refractivity contribution in [1.82, 2.24) is 20.2 Å². The first-order valence-corrected chi connectivity index (χ1v) is 9.85. The molecule has 2 fully saturated rings. The smallest absolute Gasteiger partial charge is 0.346 e. The molecule has 154 valence electrons. The minimum Gasteiger partial charge on any atom is -0.508 e. The molecule has 8 nitrogen and oxygen atoms in total. The highest BCUT2D eigenvalue weighted by Crippen LogP contribution is 2.32. The van der Waals surface area contributed by atoms with Crippen LogP contribution in [0.15, 0.2) is 35.3 Å². The summed E-state index contributed by atoms with van der Waals surface area (Å²) in [7, 11) is 0. The summed E-state index contributed by atoms with van der Waals surface area (Å²) in [5, 5.41) is 12.1. The number of phenolic OH excluding ortho intramolecular Hbond substituents is 1. The maximum Gasteiger partial charge on any atom is 0.346 e. The molecular weight excluding hydrogens is 377 g/mol. The number of halogens is 1. The predicted molar refractivity (Wildman–Crippen MR) is 105 cm³/mol. The average molecular weight is 401 g/mol. The van der Waals surface area contributed by atoms with Gasteiger partial charge in [0.2, 0.25) is 0 Å². The fourth-order valence-electron chi connectivity index (χ4n) is 3.87. The highest BCUT2D eigenvalue weighted by Gasteiger charge is 2.39. The number of carbonyl (C=O) groups excluding carboxylic acids is 1. The molecule has 1 atom stereocenters. The lowest BCUT2D eigenvalue weighted by molar-refractivity contribution is 0.160. The van der Waals surface area contributed by atoms with Gasteiger partial charge < -0.3 is 20.2 Å². The van der Waals surface area contributed by atoms with Crippen molar-refractivity contribution >= 4 is 11.8 Å². The lowest BCUT2D eigenvalue weighted by Gasteiger charge is -2.40. The molecule has 0 unspecified atom stereocenters. The van der Waals surface area contributed by atoms with Crippen LogP contribution in [0.5, 0.6) is 5.75 Å². The third-order valence-electron chi connectivity index (χ3n) is 5.43. The zero-order valence-electron chi connectivity index (χ0n) is 16.0. The van der Waals surface area contributed by atoms with E-state index >= 15 is 0 Å². The van der Waals surface area contributed by atoms with Gasteiger partial charge in [-0.15, -0.1) is 0 Å².